The maximum atomic E-state index is 12.4. The number of ether oxygens (including phenoxy) is 2. The quantitative estimate of drug-likeness (QED) is 0.409. The molecule has 0 fully saturated rings. The number of benzene rings is 2. The number of hydrogen-bond donors (Lipinski definition) is 2. The van der Waals surface area contributed by atoms with E-state index in [0.29, 0.717) is 28.0 Å². The van der Waals surface area contributed by atoms with Crippen molar-refractivity contribution in [3.63, 3.8) is 0 Å². The summed E-state index contributed by atoms with van der Waals surface area (Å²) in [7, 11) is -0.890. The maximum Gasteiger partial charge on any atom is 0.269 e. The molecule has 1 heterocycles. The van der Waals surface area contributed by atoms with Gasteiger partial charge in [0.25, 0.3) is 11.2 Å². The number of sulfonamides is 1. The van der Waals surface area contributed by atoms with Crippen molar-refractivity contribution in [1.29, 1.82) is 0 Å². The summed E-state index contributed by atoms with van der Waals surface area (Å²) in [5.74, 6) is 1.02. The molecular weight excluding hydrogens is 414 g/mol. The van der Waals surface area contributed by atoms with E-state index < -0.39 is 14.9 Å². The fourth-order valence-corrected chi connectivity index (χ4v) is 4.00. The number of hydrogen-bond acceptors (Lipinski definition) is 7. The van der Waals surface area contributed by atoms with E-state index in [9.17, 15) is 23.3 Å². The molecule has 0 radical (unpaired) electrons. The summed E-state index contributed by atoms with van der Waals surface area (Å²) in [6.07, 6.45) is 0.123. The van der Waals surface area contributed by atoms with E-state index in [-0.39, 0.29) is 29.1 Å². The second-order valence-corrected chi connectivity index (χ2v) is 8.05. The summed E-state index contributed by atoms with van der Waals surface area (Å²) in [6, 6.07) is 9.55. The van der Waals surface area contributed by atoms with Gasteiger partial charge in [-0.05, 0) is 36.8 Å². The zero-order valence-electron chi connectivity index (χ0n) is 16.2. The van der Waals surface area contributed by atoms with Gasteiger partial charge in [0, 0.05) is 29.6 Å². The van der Waals surface area contributed by atoms with E-state index >= 15 is 0 Å². The largest absolute Gasteiger partial charge is 0.496 e. The molecule has 0 unspecified atom stereocenters. The van der Waals surface area contributed by atoms with Crippen molar-refractivity contribution < 1.29 is 22.8 Å². The molecule has 3 aromatic rings. The summed E-state index contributed by atoms with van der Waals surface area (Å²) in [4.78, 5) is 25.2. The lowest BCUT2D eigenvalue weighted by atomic mass is 10.1. The molecule has 11 heteroatoms. The summed E-state index contributed by atoms with van der Waals surface area (Å²) in [5, 5.41) is 11.3. The number of fused-ring (bicyclic) bond motifs is 1. The van der Waals surface area contributed by atoms with Gasteiger partial charge in [0.2, 0.25) is 10.0 Å². The number of nitro benzene ring substituents is 1. The number of aromatic nitrogens is 1. The fraction of sp³-hybridized carbons (Fsp3) is 0.211. The third kappa shape index (κ3) is 4.26. The smallest absolute Gasteiger partial charge is 0.269 e. The number of pyridine rings is 1. The Hall–Kier alpha value is -3.44. The molecule has 0 spiro atoms. The van der Waals surface area contributed by atoms with E-state index in [1.807, 2.05) is 0 Å². The number of aromatic amines is 1. The molecule has 1 aromatic heterocycles. The molecule has 0 saturated carbocycles. The predicted octanol–water partition coefficient (Wildman–Crippen LogP) is 1.97. The minimum Gasteiger partial charge on any atom is -0.496 e. The van der Waals surface area contributed by atoms with Gasteiger partial charge >= 0.3 is 0 Å². The first kappa shape index (κ1) is 21.3. The summed E-state index contributed by atoms with van der Waals surface area (Å²) in [5.41, 5.74) is 0.266. The highest BCUT2D eigenvalue weighted by atomic mass is 32.2. The minimum atomic E-state index is -3.88. The van der Waals surface area contributed by atoms with Crippen LogP contribution in [0.4, 0.5) is 5.69 Å². The molecular formula is C19H19N3O7S. The van der Waals surface area contributed by atoms with E-state index in [1.165, 1.54) is 14.2 Å². The molecule has 0 aliphatic rings. The first-order chi connectivity index (χ1) is 14.3. The maximum absolute atomic E-state index is 12.4. The monoisotopic (exact) mass is 433 g/mol. The van der Waals surface area contributed by atoms with E-state index in [4.69, 9.17) is 9.47 Å². The molecule has 3 rings (SSSR count). The topological polar surface area (TPSA) is 141 Å². The number of methoxy groups -OCH3 is 2. The molecule has 30 heavy (non-hydrogen) atoms. The Labute approximate surface area is 171 Å². The Balaban J connectivity index is 1.80. The van der Waals surface area contributed by atoms with Gasteiger partial charge in [-0.3, -0.25) is 14.9 Å². The lowest BCUT2D eigenvalue weighted by Gasteiger charge is -2.11. The lowest BCUT2D eigenvalue weighted by Crippen LogP contribution is -2.27. The second-order valence-electron chi connectivity index (χ2n) is 6.28. The van der Waals surface area contributed by atoms with Crippen molar-refractivity contribution in [2.24, 2.45) is 0 Å². The Kier molecular flexibility index (Phi) is 6.04. The fourth-order valence-electron chi connectivity index (χ4n) is 2.97. The van der Waals surface area contributed by atoms with Crippen LogP contribution in [0.3, 0.4) is 0 Å². The number of H-pyrrole nitrogens is 1. The normalized spacial score (nSPS) is 11.4. The lowest BCUT2D eigenvalue weighted by molar-refractivity contribution is -0.384. The molecule has 0 atom stereocenters. The molecule has 158 valence electrons. The molecule has 0 bridgehead atoms. The van der Waals surface area contributed by atoms with Crippen LogP contribution < -0.4 is 19.8 Å². The van der Waals surface area contributed by atoms with Gasteiger partial charge in [-0.25, -0.2) is 13.1 Å². The third-order valence-corrected chi connectivity index (χ3v) is 5.98. The van der Waals surface area contributed by atoms with E-state index in [1.54, 1.807) is 18.2 Å². The van der Waals surface area contributed by atoms with Crippen molar-refractivity contribution in [1.82, 2.24) is 9.71 Å². The summed E-state index contributed by atoms with van der Waals surface area (Å²) in [6.45, 7) is -0.0415. The van der Waals surface area contributed by atoms with Crippen molar-refractivity contribution in [3.05, 3.63) is 68.5 Å². The molecule has 2 aromatic carbocycles. The van der Waals surface area contributed by atoms with Crippen LogP contribution in [-0.4, -0.2) is 39.1 Å². The molecule has 0 aliphatic heterocycles. The highest BCUT2D eigenvalue weighted by Gasteiger charge is 2.16. The van der Waals surface area contributed by atoms with Gasteiger partial charge in [-0.1, -0.05) is 0 Å². The second kappa shape index (κ2) is 8.51. The summed E-state index contributed by atoms with van der Waals surface area (Å²) < 4.78 is 37.7. The van der Waals surface area contributed by atoms with Crippen LogP contribution in [0.25, 0.3) is 10.9 Å². The average molecular weight is 433 g/mol. The highest BCUT2D eigenvalue weighted by molar-refractivity contribution is 7.89. The zero-order chi connectivity index (χ0) is 21.9. The van der Waals surface area contributed by atoms with Gasteiger partial charge in [0.05, 0.1) is 29.6 Å². The number of nitrogens with zero attached hydrogens (tertiary/aromatic N) is 1. The zero-order valence-corrected chi connectivity index (χ0v) is 17.0. The number of rotatable bonds is 8. The van der Waals surface area contributed by atoms with E-state index in [2.05, 4.69) is 9.71 Å². The van der Waals surface area contributed by atoms with E-state index in [0.717, 1.165) is 24.3 Å². The Morgan fingerprint density at radius 3 is 2.30 bits per heavy atom. The van der Waals surface area contributed by atoms with Crippen LogP contribution in [0, 0.1) is 10.1 Å². The molecule has 0 saturated heterocycles. The van der Waals surface area contributed by atoms with Gasteiger partial charge < -0.3 is 14.5 Å². The van der Waals surface area contributed by atoms with Gasteiger partial charge in [-0.2, -0.15) is 0 Å². The summed E-state index contributed by atoms with van der Waals surface area (Å²) >= 11 is 0. The first-order valence-electron chi connectivity index (χ1n) is 8.78. The third-order valence-electron chi connectivity index (χ3n) is 4.50. The number of nitrogens with one attached hydrogen (secondary N) is 2. The van der Waals surface area contributed by atoms with Crippen LogP contribution in [0.15, 0.2) is 52.2 Å². The number of non-ortho nitro benzene ring substituents is 1. The van der Waals surface area contributed by atoms with Gasteiger partial charge in [0.1, 0.15) is 11.5 Å². The first-order valence-corrected chi connectivity index (χ1v) is 10.3. The van der Waals surface area contributed by atoms with Crippen molar-refractivity contribution in [3.8, 4) is 11.5 Å². The van der Waals surface area contributed by atoms with Crippen LogP contribution in [0.2, 0.25) is 0 Å². The predicted molar refractivity (Wildman–Crippen MR) is 110 cm³/mol. The minimum absolute atomic E-state index is 0.0415. The van der Waals surface area contributed by atoms with Crippen LogP contribution in [0.5, 0.6) is 11.5 Å². The van der Waals surface area contributed by atoms with Crippen molar-refractivity contribution >= 4 is 26.6 Å². The van der Waals surface area contributed by atoms with Crippen molar-refractivity contribution in [2.45, 2.75) is 11.3 Å². The Morgan fingerprint density at radius 1 is 1.07 bits per heavy atom. The van der Waals surface area contributed by atoms with Crippen LogP contribution in [-0.2, 0) is 16.4 Å². The van der Waals surface area contributed by atoms with Gasteiger partial charge in [0.15, 0.2) is 0 Å². The highest BCUT2D eigenvalue weighted by Crippen LogP contribution is 2.31. The Bertz CT molecular complexity index is 1250. The van der Waals surface area contributed by atoms with Crippen molar-refractivity contribution in [2.75, 3.05) is 20.8 Å². The molecule has 0 amide bonds. The average Bonchev–Trinajstić information content (AvgIpc) is 2.73. The molecule has 10 nitrogen and oxygen atoms in total. The number of nitro groups is 1. The molecule has 2 N–H and O–H groups in total. The standard InChI is InChI=1S/C19H19N3O7S/c1-28-16-7-8-17(29-2)18-15(16)11-12(19(23)21-18)9-10-20-30(26,27)14-5-3-13(4-6-14)22(24)25/h3-8,11,20H,9-10H2,1-2H3,(H,21,23). The Morgan fingerprint density at radius 2 is 1.70 bits per heavy atom. The van der Waals surface area contributed by atoms with Gasteiger partial charge in [-0.15, -0.1) is 0 Å². The molecule has 0 aliphatic carbocycles. The van der Waals surface area contributed by atoms with Crippen LogP contribution in [0.1, 0.15) is 5.56 Å². The SMILES string of the molecule is COc1ccc(OC)c2[nH]c(=O)c(CCNS(=O)(=O)c3ccc([N+](=O)[O-])cc3)cc12. The van der Waals surface area contributed by atoms with Crippen LogP contribution >= 0.6 is 0 Å².